The molecule has 0 aliphatic carbocycles. The van der Waals surface area contributed by atoms with Gasteiger partial charge in [0, 0.05) is 17.1 Å². The molecule has 0 aliphatic heterocycles. The molecule has 5 heteroatoms. The van der Waals surface area contributed by atoms with Crippen LogP contribution in [0.3, 0.4) is 0 Å². The topological polar surface area (TPSA) is 59.1 Å². The second-order valence-corrected chi connectivity index (χ2v) is 5.83. The molecule has 3 nitrogen and oxygen atoms in total. The highest BCUT2D eigenvalue weighted by Crippen LogP contribution is 2.35. The number of nitrogens with zero attached hydrogens (tertiary/aromatic N) is 1. The third-order valence-corrected chi connectivity index (χ3v) is 3.83. The van der Waals surface area contributed by atoms with Crippen LogP contribution in [0.5, 0.6) is 5.75 Å². The highest BCUT2D eigenvalue weighted by Gasteiger charge is 2.15. The van der Waals surface area contributed by atoms with E-state index in [-0.39, 0.29) is 23.0 Å². The SMILES string of the molecule is CC(C)c1c(O)cc(-c2cc(F)c3cnc(N)cc3c2)cc1F. The number of phenols is 1. The van der Waals surface area contributed by atoms with E-state index in [9.17, 15) is 13.9 Å². The van der Waals surface area contributed by atoms with Crippen LogP contribution in [0.2, 0.25) is 0 Å². The van der Waals surface area contributed by atoms with Crippen molar-refractivity contribution in [3.63, 3.8) is 0 Å². The fourth-order valence-electron chi connectivity index (χ4n) is 2.74. The van der Waals surface area contributed by atoms with Crippen LogP contribution in [0.1, 0.15) is 25.3 Å². The van der Waals surface area contributed by atoms with E-state index in [0.717, 1.165) is 0 Å². The molecule has 0 atom stereocenters. The summed E-state index contributed by atoms with van der Waals surface area (Å²) in [5.74, 6) is -0.992. The Kier molecular flexibility index (Phi) is 3.64. The molecule has 0 unspecified atom stereocenters. The number of aromatic hydroxyl groups is 1. The number of fused-ring (bicyclic) bond motifs is 1. The van der Waals surface area contributed by atoms with Crippen molar-refractivity contribution in [2.45, 2.75) is 19.8 Å². The second-order valence-electron chi connectivity index (χ2n) is 5.83. The molecule has 3 rings (SSSR count). The zero-order chi connectivity index (χ0) is 16.7. The average Bonchev–Trinajstić information content (AvgIpc) is 2.45. The van der Waals surface area contributed by atoms with Crippen LogP contribution in [0.4, 0.5) is 14.6 Å². The highest BCUT2D eigenvalue weighted by atomic mass is 19.1. The van der Waals surface area contributed by atoms with E-state index in [1.165, 1.54) is 24.4 Å². The molecule has 0 radical (unpaired) electrons. The molecule has 3 N–H and O–H groups in total. The first-order valence-electron chi connectivity index (χ1n) is 7.24. The number of nitrogen functional groups attached to an aromatic ring is 1. The quantitative estimate of drug-likeness (QED) is 0.727. The van der Waals surface area contributed by atoms with Crippen LogP contribution < -0.4 is 5.73 Å². The number of pyridine rings is 1. The summed E-state index contributed by atoms with van der Waals surface area (Å²) in [5.41, 5.74) is 6.75. The summed E-state index contributed by atoms with van der Waals surface area (Å²) in [6, 6.07) is 7.30. The monoisotopic (exact) mass is 314 g/mol. The molecule has 0 bridgehead atoms. The highest BCUT2D eigenvalue weighted by molar-refractivity contribution is 5.89. The van der Waals surface area contributed by atoms with Gasteiger partial charge in [0.15, 0.2) is 0 Å². The van der Waals surface area contributed by atoms with Gasteiger partial charge in [-0.15, -0.1) is 0 Å². The number of hydrogen-bond donors (Lipinski definition) is 2. The van der Waals surface area contributed by atoms with Crippen LogP contribution in [0, 0.1) is 11.6 Å². The molecule has 0 spiro atoms. The van der Waals surface area contributed by atoms with E-state index in [2.05, 4.69) is 4.98 Å². The maximum atomic E-state index is 14.2. The Balaban J connectivity index is 2.21. The van der Waals surface area contributed by atoms with Crippen LogP contribution in [0.25, 0.3) is 21.9 Å². The van der Waals surface area contributed by atoms with Gasteiger partial charge in [0.05, 0.1) is 0 Å². The Hall–Kier alpha value is -2.69. The van der Waals surface area contributed by atoms with Crippen molar-refractivity contribution in [3.05, 3.63) is 53.7 Å². The number of hydrogen-bond acceptors (Lipinski definition) is 3. The van der Waals surface area contributed by atoms with Gasteiger partial charge in [0.25, 0.3) is 0 Å². The predicted octanol–water partition coefficient (Wildman–Crippen LogP) is 4.59. The van der Waals surface area contributed by atoms with Gasteiger partial charge in [-0.3, -0.25) is 0 Å². The normalized spacial score (nSPS) is 11.3. The number of rotatable bonds is 2. The lowest BCUT2D eigenvalue weighted by molar-refractivity contribution is 0.454. The molecule has 1 heterocycles. The Morgan fingerprint density at radius 1 is 1.00 bits per heavy atom. The molecule has 0 amide bonds. The second kappa shape index (κ2) is 5.50. The molecule has 0 saturated heterocycles. The van der Waals surface area contributed by atoms with Gasteiger partial charge in [-0.2, -0.15) is 0 Å². The fraction of sp³-hybridized carbons (Fsp3) is 0.167. The summed E-state index contributed by atoms with van der Waals surface area (Å²) < 4.78 is 28.5. The van der Waals surface area contributed by atoms with Crippen molar-refractivity contribution in [3.8, 4) is 16.9 Å². The summed E-state index contributed by atoms with van der Waals surface area (Å²) in [7, 11) is 0. The first-order valence-corrected chi connectivity index (χ1v) is 7.24. The zero-order valence-electron chi connectivity index (χ0n) is 12.8. The number of halogens is 2. The van der Waals surface area contributed by atoms with Crippen LogP contribution in [-0.2, 0) is 0 Å². The van der Waals surface area contributed by atoms with Crippen LogP contribution in [-0.4, -0.2) is 10.1 Å². The van der Waals surface area contributed by atoms with Gasteiger partial charge >= 0.3 is 0 Å². The van der Waals surface area contributed by atoms with Crippen LogP contribution >= 0.6 is 0 Å². The molecule has 0 saturated carbocycles. The molecular formula is C18H16F2N2O. The van der Waals surface area contributed by atoms with E-state index in [1.807, 2.05) is 0 Å². The molecule has 2 aromatic carbocycles. The predicted molar refractivity (Wildman–Crippen MR) is 87.3 cm³/mol. The minimum Gasteiger partial charge on any atom is -0.508 e. The summed E-state index contributed by atoms with van der Waals surface area (Å²) in [6.45, 7) is 3.59. The number of anilines is 1. The smallest absolute Gasteiger partial charge is 0.133 e. The first-order chi connectivity index (χ1) is 10.9. The third-order valence-electron chi connectivity index (χ3n) is 3.83. The molecule has 1 aromatic heterocycles. The van der Waals surface area contributed by atoms with E-state index in [4.69, 9.17) is 5.73 Å². The zero-order valence-corrected chi connectivity index (χ0v) is 12.8. The van der Waals surface area contributed by atoms with Gasteiger partial charge in [-0.25, -0.2) is 13.8 Å². The van der Waals surface area contributed by atoms with Crippen molar-refractivity contribution in [2.24, 2.45) is 0 Å². The molecule has 3 aromatic rings. The summed E-state index contributed by atoms with van der Waals surface area (Å²) >= 11 is 0. The molecule has 0 aliphatic rings. The van der Waals surface area contributed by atoms with E-state index in [1.54, 1.807) is 26.0 Å². The van der Waals surface area contributed by atoms with Crippen molar-refractivity contribution in [1.82, 2.24) is 4.98 Å². The maximum Gasteiger partial charge on any atom is 0.133 e. The Bertz CT molecular complexity index is 884. The van der Waals surface area contributed by atoms with E-state index in [0.29, 0.717) is 21.9 Å². The van der Waals surface area contributed by atoms with E-state index >= 15 is 0 Å². The minimum absolute atomic E-state index is 0.134. The number of benzene rings is 2. The number of aromatic nitrogens is 1. The Labute approximate surface area is 132 Å². The molecule has 0 fully saturated rings. The number of phenolic OH excluding ortho intramolecular Hbond substituents is 1. The molecule has 118 valence electrons. The van der Waals surface area contributed by atoms with Gasteiger partial charge in [-0.1, -0.05) is 13.8 Å². The van der Waals surface area contributed by atoms with Gasteiger partial charge in [0.1, 0.15) is 23.2 Å². The van der Waals surface area contributed by atoms with Crippen LogP contribution in [0.15, 0.2) is 36.5 Å². The van der Waals surface area contributed by atoms with Crippen molar-refractivity contribution >= 4 is 16.6 Å². The molecular weight excluding hydrogens is 298 g/mol. The van der Waals surface area contributed by atoms with Gasteiger partial charge < -0.3 is 10.8 Å². The standard InChI is InChI=1S/C18H16F2N2O/c1-9(2)18-15(20)5-11(6-16(18)23)10-3-12-7-17(21)22-8-13(12)14(19)4-10/h3-9,23H,1-2H3,(H2,21,22). The fourth-order valence-corrected chi connectivity index (χ4v) is 2.74. The van der Waals surface area contributed by atoms with Crippen molar-refractivity contribution in [2.75, 3.05) is 5.73 Å². The summed E-state index contributed by atoms with van der Waals surface area (Å²) in [4.78, 5) is 3.87. The lowest BCUT2D eigenvalue weighted by atomic mass is 9.95. The van der Waals surface area contributed by atoms with Crippen molar-refractivity contribution < 1.29 is 13.9 Å². The first kappa shape index (κ1) is 15.2. The number of nitrogens with two attached hydrogens (primary N) is 1. The lowest BCUT2D eigenvalue weighted by Gasteiger charge is -2.13. The largest absolute Gasteiger partial charge is 0.508 e. The summed E-state index contributed by atoms with van der Waals surface area (Å²) in [6.07, 6.45) is 1.36. The Morgan fingerprint density at radius 2 is 1.65 bits per heavy atom. The van der Waals surface area contributed by atoms with Gasteiger partial charge in [0.2, 0.25) is 0 Å². The summed E-state index contributed by atoms with van der Waals surface area (Å²) in [5, 5.41) is 11.0. The van der Waals surface area contributed by atoms with Crippen molar-refractivity contribution in [1.29, 1.82) is 0 Å². The minimum atomic E-state index is -0.509. The lowest BCUT2D eigenvalue weighted by Crippen LogP contribution is -1.95. The third kappa shape index (κ3) is 2.70. The van der Waals surface area contributed by atoms with Gasteiger partial charge in [-0.05, 0) is 52.8 Å². The Morgan fingerprint density at radius 3 is 2.30 bits per heavy atom. The molecule has 23 heavy (non-hydrogen) atoms. The van der Waals surface area contributed by atoms with E-state index < -0.39 is 11.6 Å². The average molecular weight is 314 g/mol. The maximum absolute atomic E-state index is 14.2.